The number of thioether (sulfide) groups is 1. The van der Waals surface area contributed by atoms with Crippen molar-refractivity contribution in [3.63, 3.8) is 0 Å². The molecule has 1 aliphatic rings. The van der Waals surface area contributed by atoms with Gasteiger partial charge in [-0.05, 0) is 41.5 Å². The number of nitrogens with zero attached hydrogens (tertiary/aromatic N) is 2. The van der Waals surface area contributed by atoms with Gasteiger partial charge in [0.05, 0.1) is 6.07 Å². The predicted octanol–water partition coefficient (Wildman–Crippen LogP) is 2.97. The largest absolute Gasteiger partial charge is 0.299 e. The van der Waals surface area contributed by atoms with E-state index in [2.05, 4.69) is 34.1 Å². The van der Waals surface area contributed by atoms with E-state index in [-0.39, 0.29) is 4.75 Å². The summed E-state index contributed by atoms with van der Waals surface area (Å²) in [6.45, 7) is 3.13. The van der Waals surface area contributed by atoms with Crippen LogP contribution in [0.1, 0.15) is 18.4 Å². The van der Waals surface area contributed by atoms with Gasteiger partial charge < -0.3 is 0 Å². The Balaban J connectivity index is 1.88. The molecule has 2 heterocycles. The third kappa shape index (κ3) is 2.60. The predicted molar refractivity (Wildman–Crippen MR) is 70.7 cm³/mol. The second-order valence-corrected chi connectivity index (χ2v) is 6.19. The van der Waals surface area contributed by atoms with E-state index in [1.54, 1.807) is 23.1 Å². The number of piperidine rings is 1. The molecule has 1 aliphatic heterocycles. The van der Waals surface area contributed by atoms with Crippen LogP contribution in [0.25, 0.3) is 0 Å². The zero-order valence-electron chi connectivity index (χ0n) is 9.48. The van der Waals surface area contributed by atoms with Crippen molar-refractivity contribution in [3.05, 3.63) is 22.4 Å². The van der Waals surface area contributed by atoms with Crippen molar-refractivity contribution in [1.82, 2.24) is 4.90 Å². The lowest BCUT2D eigenvalue weighted by Gasteiger charge is -2.36. The monoisotopic (exact) mass is 252 g/mol. The van der Waals surface area contributed by atoms with Crippen molar-refractivity contribution in [2.75, 3.05) is 19.3 Å². The molecule has 2 nitrogen and oxygen atoms in total. The fourth-order valence-electron chi connectivity index (χ4n) is 2.07. The van der Waals surface area contributed by atoms with Gasteiger partial charge in [0.25, 0.3) is 0 Å². The maximum Gasteiger partial charge on any atom is 0.104 e. The quantitative estimate of drug-likeness (QED) is 0.827. The first-order chi connectivity index (χ1) is 7.78. The fraction of sp³-hybridized carbons (Fsp3) is 0.583. The third-order valence-electron chi connectivity index (χ3n) is 3.24. The van der Waals surface area contributed by atoms with E-state index in [4.69, 9.17) is 0 Å². The van der Waals surface area contributed by atoms with Gasteiger partial charge in [0, 0.05) is 19.6 Å². The number of likely N-dealkylation sites (tertiary alicyclic amines) is 1. The summed E-state index contributed by atoms with van der Waals surface area (Å²) in [6.07, 6.45) is 4.04. The zero-order chi connectivity index (χ0) is 11.4. The molecule has 4 heteroatoms. The summed E-state index contributed by atoms with van der Waals surface area (Å²) >= 11 is 3.47. The summed E-state index contributed by atoms with van der Waals surface area (Å²) < 4.78 is -0.120. The van der Waals surface area contributed by atoms with Gasteiger partial charge in [-0.3, -0.25) is 4.90 Å². The van der Waals surface area contributed by atoms with Crippen molar-refractivity contribution in [2.24, 2.45) is 0 Å². The highest BCUT2D eigenvalue weighted by Crippen LogP contribution is 2.34. The molecule has 0 aromatic carbocycles. The molecule has 0 unspecified atom stereocenters. The minimum absolute atomic E-state index is 0.120. The number of hydrogen-bond donors (Lipinski definition) is 0. The summed E-state index contributed by atoms with van der Waals surface area (Å²) in [5, 5.41) is 13.5. The average molecular weight is 252 g/mol. The molecule has 0 saturated carbocycles. The van der Waals surface area contributed by atoms with Crippen LogP contribution in [0.2, 0.25) is 0 Å². The Bertz CT molecular complexity index is 359. The number of thiophene rings is 1. The van der Waals surface area contributed by atoms with E-state index in [9.17, 15) is 5.26 Å². The van der Waals surface area contributed by atoms with Crippen LogP contribution in [0.4, 0.5) is 0 Å². The summed E-state index contributed by atoms with van der Waals surface area (Å²) in [7, 11) is 0. The van der Waals surface area contributed by atoms with Crippen LogP contribution in [-0.4, -0.2) is 29.0 Å². The molecule has 0 aliphatic carbocycles. The lowest BCUT2D eigenvalue weighted by Crippen LogP contribution is -2.41. The molecule has 1 saturated heterocycles. The van der Waals surface area contributed by atoms with Gasteiger partial charge >= 0.3 is 0 Å². The molecule has 86 valence electrons. The Morgan fingerprint density at radius 1 is 1.56 bits per heavy atom. The molecule has 1 aromatic rings. The van der Waals surface area contributed by atoms with Crippen LogP contribution in [-0.2, 0) is 6.54 Å². The van der Waals surface area contributed by atoms with Gasteiger partial charge in [0.15, 0.2) is 0 Å². The van der Waals surface area contributed by atoms with Crippen LogP contribution in [0, 0.1) is 11.3 Å². The Labute approximate surface area is 105 Å². The molecule has 0 radical (unpaired) electrons. The molecule has 0 atom stereocenters. The summed E-state index contributed by atoms with van der Waals surface area (Å²) in [4.78, 5) is 2.45. The van der Waals surface area contributed by atoms with Crippen LogP contribution >= 0.6 is 23.1 Å². The topological polar surface area (TPSA) is 27.0 Å². The third-order valence-corrected chi connectivity index (χ3v) is 5.26. The van der Waals surface area contributed by atoms with Gasteiger partial charge in [-0.25, -0.2) is 0 Å². The smallest absolute Gasteiger partial charge is 0.104 e. The molecule has 0 spiro atoms. The van der Waals surface area contributed by atoms with Crippen molar-refractivity contribution in [3.8, 4) is 6.07 Å². The number of nitriles is 1. The van der Waals surface area contributed by atoms with E-state index in [1.807, 2.05) is 0 Å². The van der Waals surface area contributed by atoms with E-state index >= 15 is 0 Å². The van der Waals surface area contributed by atoms with Crippen LogP contribution < -0.4 is 0 Å². The molecule has 16 heavy (non-hydrogen) atoms. The van der Waals surface area contributed by atoms with Gasteiger partial charge in [0.1, 0.15) is 4.75 Å². The zero-order valence-corrected chi connectivity index (χ0v) is 11.1. The second-order valence-electron chi connectivity index (χ2n) is 4.22. The lowest BCUT2D eigenvalue weighted by molar-refractivity contribution is 0.209. The maximum absolute atomic E-state index is 9.20. The molecular weight excluding hydrogens is 236 g/mol. The summed E-state index contributed by atoms with van der Waals surface area (Å²) in [5.41, 5.74) is 1.40. The van der Waals surface area contributed by atoms with Gasteiger partial charge in [-0.2, -0.15) is 16.6 Å². The molecule has 0 N–H and O–H groups in total. The minimum atomic E-state index is -0.120. The minimum Gasteiger partial charge on any atom is -0.299 e. The maximum atomic E-state index is 9.20. The fourth-order valence-corrected chi connectivity index (χ4v) is 3.42. The molecule has 0 bridgehead atoms. The SMILES string of the molecule is CSC1(C#N)CCN(Cc2ccsc2)CC1. The number of hydrogen-bond acceptors (Lipinski definition) is 4. The Hall–Kier alpha value is -0.500. The first-order valence-corrected chi connectivity index (χ1v) is 7.64. The lowest BCUT2D eigenvalue weighted by atomic mass is 9.97. The van der Waals surface area contributed by atoms with Gasteiger partial charge in [-0.15, -0.1) is 11.8 Å². The highest BCUT2D eigenvalue weighted by atomic mass is 32.2. The van der Waals surface area contributed by atoms with Crippen molar-refractivity contribution in [2.45, 2.75) is 24.1 Å². The van der Waals surface area contributed by atoms with Crippen molar-refractivity contribution in [1.29, 1.82) is 5.26 Å². The highest BCUT2D eigenvalue weighted by molar-refractivity contribution is 8.00. The molecule has 1 fully saturated rings. The molecule has 2 rings (SSSR count). The van der Waals surface area contributed by atoms with Crippen LogP contribution in [0.5, 0.6) is 0 Å². The summed E-state index contributed by atoms with van der Waals surface area (Å²) in [5.74, 6) is 0. The Morgan fingerprint density at radius 2 is 2.31 bits per heavy atom. The molecule has 0 amide bonds. The van der Waals surface area contributed by atoms with Crippen molar-refractivity contribution < 1.29 is 0 Å². The van der Waals surface area contributed by atoms with Crippen LogP contribution in [0.3, 0.4) is 0 Å². The molecular formula is C12H16N2S2. The molecule has 1 aromatic heterocycles. The first-order valence-electron chi connectivity index (χ1n) is 5.48. The van der Waals surface area contributed by atoms with Crippen LogP contribution in [0.15, 0.2) is 16.8 Å². The average Bonchev–Trinajstić information content (AvgIpc) is 2.83. The second kappa shape index (κ2) is 5.22. The van der Waals surface area contributed by atoms with E-state index in [0.29, 0.717) is 0 Å². The van der Waals surface area contributed by atoms with E-state index < -0.39 is 0 Å². The highest BCUT2D eigenvalue weighted by Gasteiger charge is 2.33. The normalized spacial score (nSPS) is 20.5. The standard InChI is InChI=1S/C12H16N2S2/c1-15-12(10-13)3-5-14(6-4-12)8-11-2-7-16-9-11/h2,7,9H,3-6,8H2,1H3. The van der Waals surface area contributed by atoms with Crippen molar-refractivity contribution >= 4 is 23.1 Å². The van der Waals surface area contributed by atoms with E-state index in [1.165, 1.54) is 5.56 Å². The Morgan fingerprint density at radius 3 is 2.81 bits per heavy atom. The first kappa shape index (κ1) is 12.0. The Kier molecular flexibility index (Phi) is 3.91. The van der Waals surface area contributed by atoms with Gasteiger partial charge in [0.2, 0.25) is 0 Å². The number of rotatable bonds is 3. The summed E-state index contributed by atoms with van der Waals surface area (Å²) in [6, 6.07) is 4.67. The van der Waals surface area contributed by atoms with Gasteiger partial charge in [-0.1, -0.05) is 0 Å². The van der Waals surface area contributed by atoms with E-state index in [0.717, 1.165) is 32.5 Å².